The number of nitrogen functional groups attached to an aromatic ring is 1. The Kier molecular flexibility index (Phi) is 4.11. The third-order valence-corrected chi connectivity index (χ3v) is 1.90. The van der Waals surface area contributed by atoms with E-state index in [0.717, 1.165) is 6.20 Å². The standard InChI is InChI=1S/C9H7F7N2O/c10-7(11)8(12,13)3-19-6-5(9(14,15)16)1-4(17)2-18-6/h1-2,7H,3,17H2. The van der Waals surface area contributed by atoms with Crippen LogP contribution >= 0.6 is 0 Å². The predicted octanol–water partition coefficient (Wildman–Crippen LogP) is 2.96. The molecule has 3 nitrogen and oxygen atoms in total. The molecule has 2 N–H and O–H groups in total. The lowest BCUT2D eigenvalue weighted by molar-refractivity contribution is -0.154. The van der Waals surface area contributed by atoms with Gasteiger partial charge in [-0.2, -0.15) is 22.0 Å². The predicted molar refractivity (Wildman–Crippen MR) is 50.1 cm³/mol. The molecule has 1 aromatic rings. The zero-order valence-corrected chi connectivity index (χ0v) is 9.02. The van der Waals surface area contributed by atoms with Gasteiger partial charge in [-0.05, 0) is 6.07 Å². The van der Waals surface area contributed by atoms with Crippen LogP contribution in [0.1, 0.15) is 5.56 Å². The molecule has 0 aliphatic heterocycles. The lowest BCUT2D eigenvalue weighted by atomic mass is 10.2. The molecule has 1 aromatic heterocycles. The fourth-order valence-corrected chi connectivity index (χ4v) is 1.01. The number of nitrogens with two attached hydrogens (primary N) is 1. The van der Waals surface area contributed by atoms with E-state index < -0.39 is 36.6 Å². The number of pyridine rings is 1. The van der Waals surface area contributed by atoms with Crippen LogP contribution in [0.2, 0.25) is 0 Å². The molecule has 0 amide bonds. The van der Waals surface area contributed by atoms with E-state index in [0.29, 0.717) is 6.07 Å². The number of halogens is 7. The van der Waals surface area contributed by atoms with Gasteiger partial charge in [0.05, 0.1) is 11.9 Å². The molecule has 0 spiro atoms. The number of hydrogen-bond donors (Lipinski definition) is 1. The van der Waals surface area contributed by atoms with Crippen LogP contribution in [0.15, 0.2) is 12.3 Å². The summed E-state index contributed by atoms with van der Waals surface area (Å²) in [7, 11) is 0. The molecule has 108 valence electrons. The average molecular weight is 292 g/mol. The molecule has 0 aromatic carbocycles. The third-order valence-electron chi connectivity index (χ3n) is 1.90. The first-order valence-corrected chi connectivity index (χ1v) is 4.65. The third kappa shape index (κ3) is 3.86. The summed E-state index contributed by atoms with van der Waals surface area (Å²) in [6, 6.07) is 0.406. The van der Waals surface area contributed by atoms with E-state index in [4.69, 9.17) is 5.73 Å². The van der Waals surface area contributed by atoms with E-state index in [1.807, 2.05) is 0 Å². The van der Waals surface area contributed by atoms with E-state index in [1.165, 1.54) is 0 Å². The van der Waals surface area contributed by atoms with Crippen molar-refractivity contribution >= 4 is 5.69 Å². The topological polar surface area (TPSA) is 48.1 Å². The largest absolute Gasteiger partial charge is 0.471 e. The van der Waals surface area contributed by atoms with Gasteiger partial charge in [-0.3, -0.25) is 0 Å². The summed E-state index contributed by atoms with van der Waals surface area (Å²) in [5, 5.41) is 0. The normalized spacial score (nSPS) is 12.8. The Labute approximate surface area is 102 Å². The second-order valence-electron chi connectivity index (χ2n) is 3.47. The Hall–Kier alpha value is -1.74. The van der Waals surface area contributed by atoms with Gasteiger partial charge in [-0.1, -0.05) is 0 Å². The molecule has 0 atom stereocenters. The minimum Gasteiger partial charge on any atom is -0.471 e. The molecule has 0 bridgehead atoms. The van der Waals surface area contributed by atoms with Crippen molar-refractivity contribution in [3.63, 3.8) is 0 Å². The first-order chi connectivity index (χ1) is 8.54. The van der Waals surface area contributed by atoms with Crippen LogP contribution in [0.3, 0.4) is 0 Å². The van der Waals surface area contributed by atoms with E-state index in [2.05, 4.69) is 9.72 Å². The maximum atomic E-state index is 12.5. The molecule has 10 heteroatoms. The summed E-state index contributed by atoms with van der Waals surface area (Å²) >= 11 is 0. The Morgan fingerprint density at radius 1 is 1.21 bits per heavy atom. The monoisotopic (exact) mass is 292 g/mol. The molecule has 0 aliphatic rings. The summed E-state index contributed by atoms with van der Waals surface area (Å²) in [5.74, 6) is -5.81. The lowest BCUT2D eigenvalue weighted by Crippen LogP contribution is -2.34. The summed E-state index contributed by atoms with van der Waals surface area (Å²) < 4.78 is 90.2. The zero-order valence-electron chi connectivity index (χ0n) is 9.02. The Bertz CT molecular complexity index is 447. The van der Waals surface area contributed by atoms with Crippen molar-refractivity contribution in [1.82, 2.24) is 4.98 Å². The minimum atomic E-state index is -4.96. The fraction of sp³-hybridized carbons (Fsp3) is 0.444. The number of nitrogens with zero attached hydrogens (tertiary/aromatic N) is 1. The van der Waals surface area contributed by atoms with Crippen LogP contribution in [0.4, 0.5) is 36.4 Å². The first kappa shape index (κ1) is 15.3. The number of alkyl halides is 7. The van der Waals surface area contributed by atoms with Gasteiger partial charge in [-0.25, -0.2) is 13.8 Å². The molecule has 1 rings (SSSR count). The summed E-state index contributed by atoms with van der Waals surface area (Å²) in [6.45, 7) is -1.93. The van der Waals surface area contributed by atoms with Gasteiger partial charge in [0.1, 0.15) is 5.56 Å². The number of anilines is 1. The van der Waals surface area contributed by atoms with Crippen molar-refractivity contribution in [3.8, 4) is 5.88 Å². The van der Waals surface area contributed by atoms with Crippen LogP contribution in [-0.2, 0) is 6.18 Å². The smallest absolute Gasteiger partial charge is 0.421 e. The molecule has 19 heavy (non-hydrogen) atoms. The van der Waals surface area contributed by atoms with Gasteiger partial charge in [0.15, 0.2) is 6.61 Å². The van der Waals surface area contributed by atoms with Crippen molar-refractivity contribution < 1.29 is 35.5 Å². The van der Waals surface area contributed by atoms with E-state index >= 15 is 0 Å². The van der Waals surface area contributed by atoms with E-state index in [-0.39, 0.29) is 5.69 Å². The highest BCUT2D eigenvalue weighted by Crippen LogP contribution is 2.36. The Morgan fingerprint density at radius 3 is 2.26 bits per heavy atom. The van der Waals surface area contributed by atoms with Crippen LogP contribution in [0.25, 0.3) is 0 Å². The Balaban J connectivity index is 2.96. The molecule has 0 unspecified atom stereocenters. The van der Waals surface area contributed by atoms with Gasteiger partial charge < -0.3 is 10.5 Å². The van der Waals surface area contributed by atoms with Crippen molar-refractivity contribution in [2.24, 2.45) is 0 Å². The van der Waals surface area contributed by atoms with Gasteiger partial charge >= 0.3 is 18.5 Å². The molecule has 0 saturated carbocycles. The summed E-state index contributed by atoms with van der Waals surface area (Å²) in [5.41, 5.74) is 3.18. The lowest BCUT2D eigenvalue weighted by Gasteiger charge is -2.18. The summed E-state index contributed by atoms with van der Waals surface area (Å²) in [4.78, 5) is 3.06. The highest BCUT2D eigenvalue weighted by molar-refractivity contribution is 5.43. The van der Waals surface area contributed by atoms with Crippen LogP contribution < -0.4 is 10.5 Å². The van der Waals surface area contributed by atoms with Gasteiger partial charge in [-0.15, -0.1) is 0 Å². The van der Waals surface area contributed by atoms with E-state index in [9.17, 15) is 30.7 Å². The summed E-state index contributed by atoms with van der Waals surface area (Å²) in [6.07, 6.45) is -8.29. The highest BCUT2D eigenvalue weighted by Gasteiger charge is 2.43. The van der Waals surface area contributed by atoms with Gasteiger partial charge in [0.2, 0.25) is 5.88 Å². The van der Waals surface area contributed by atoms with Crippen LogP contribution in [0, 0.1) is 0 Å². The van der Waals surface area contributed by atoms with Crippen molar-refractivity contribution in [2.75, 3.05) is 12.3 Å². The number of rotatable bonds is 4. The number of hydrogen-bond acceptors (Lipinski definition) is 3. The molecular weight excluding hydrogens is 285 g/mol. The second-order valence-corrected chi connectivity index (χ2v) is 3.47. The highest BCUT2D eigenvalue weighted by atomic mass is 19.4. The van der Waals surface area contributed by atoms with Crippen LogP contribution in [0.5, 0.6) is 5.88 Å². The molecule has 0 saturated heterocycles. The molecule has 0 radical (unpaired) electrons. The van der Waals surface area contributed by atoms with Gasteiger partial charge in [0, 0.05) is 0 Å². The minimum absolute atomic E-state index is 0.375. The second kappa shape index (κ2) is 5.10. The SMILES string of the molecule is Nc1cnc(OCC(F)(F)C(F)F)c(C(F)(F)F)c1. The van der Waals surface area contributed by atoms with Crippen molar-refractivity contribution in [3.05, 3.63) is 17.8 Å². The zero-order chi connectivity index (χ0) is 14.8. The fourth-order valence-electron chi connectivity index (χ4n) is 1.01. The van der Waals surface area contributed by atoms with Crippen molar-refractivity contribution in [1.29, 1.82) is 0 Å². The van der Waals surface area contributed by atoms with E-state index in [1.54, 1.807) is 0 Å². The molecule has 0 aliphatic carbocycles. The molecule has 0 fully saturated rings. The quantitative estimate of drug-likeness (QED) is 0.868. The maximum absolute atomic E-state index is 12.5. The first-order valence-electron chi connectivity index (χ1n) is 4.65. The average Bonchev–Trinajstić information content (AvgIpc) is 2.26. The van der Waals surface area contributed by atoms with Crippen LogP contribution in [-0.4, -0.2) is 23.9 Å². The number of aromatic nitrogens is 1. The molecular formula is C9H7F7N2O. The molecule has 1 heterocycles. The number of ether oxygens (including phenoxy) is 1. The Morgan fingerprint density at radius 2 is 1.79 bits per heavy atom. The van der Waals surface area contributed by atoms with Gasteiger partial charge in [0.25, 0.3) is 0 Å². The van der Waals surface area contributed by atoms with Crippen molar-refractivity contribution in [2.45, 2.75) is 18.5 Å². The maximum Gasteiger partial charge on any atom is 0.421 e.